The highest BCUT2D eigenvalue weighted by Crippen LogP contribution is 2.18. The minimum Gasteiger partial charge on any atom is -0.392 e. The average molecular weight is 244 g/mol. The lowest BCUT2D eigenvalue weighted by atomic mass is 10.0. The van der Waals surface area contributed by atoms with E-state index in [1.165, 1.54) is 12.8 Å². The maximum absolute atomic E-state index is 10.2. The van der Waals surface area contributed by atoms with Crippen LogP contribution in [0, 0.1) is 0 Å². The summed E-state index contributed by atoms with van der Waals surface area (Å²) in [7, 11) is 3.91. The summed E-state index contributed by atoms with van der Waals surface area (Å²) in [6.07, 6.45) is 5.14. The number of rotatable bonds is 5. The minimum absolute atomic E-state index is 0.145. The third kappa shape index (κ3) is 5.82. The quantitative estimate of drug-likeness (QED) is 0.619. The summed E-state index contributed by atoms with van der Waals surface area (Å²) in [4.78, 5) is 1.98. The molecule has 3 unspecified atom stereocenters. The van der Waals surface area contributed by atoms with E-state index in [1.54, 1.807) is 0 Å². The molecule has 0 aliphatic heterocycles. The van der Waals surface area contributed by atoms with Crippen molar-refractivity contribution in [2.45, 2.75) is 56.8 Å². The first-order valence-electron chi connectivity index (χ1n) is 6.69. The molecule has 4 heteroatoms. The van der Waals surface area contributed by atoms with E-state index in [0.29, 0.717) is 13.1 Å². The van der Waals surface area contributed by atoms with E-state index in [1.807, 2.05) is 25.9 Å². The lowest BCUT2D eigenvalue weighted by Gasteiger charge is -2.30. The van der Waals surface area contributed by atoms with Crippen molar-refractivity contribution >= 4 is 0 Å². The SMILES string of the molecule is CN(C)CC(C)(O)CNC1CCCCCC1O. The van der Waals surface area contributed by atoms with Crippen LogP contribution in [0.1, 0.15) is 39.0 Å². The minimum atomic E-state index is -0.741. The summed E-state index contributed by atoms with van der Waals surface area (Å²) in [5.74, 6) is 0. The van der Waals surface area contributed by atoms with Gasteiger partial charge in [0.25, 0.3) is 0 Å². The Balaban J connectivity index is 2.37. The first kappa shape index (κ1) is 14.9. The fourth-order valence-corrected chi connectivity index (χ4v) is 2.61. The van der Waals surface area contributed by atoms with Gasteiger partial charge in [-0.2, -0.15) is 0 Å². The van der Waals surface area contributed by atoms with Crippen LogP contribution in [-0.2, 0) is 0 Å². The van der Waals surface area contributed by atoms with Crippen LogP contribution in [0.25, 0.3) is 0 Å². The Bertz CT molecular complexity index is 219. The van der Waals surface area contributed by atoms with Gasteiger partial charge in [-0.05, 0) is 33.9 Å². The van der Waals surface area contributed by atoms with Crippen molar-refractivity contribution in [2.24, 2.45) is 0 Å². The molecule has 4 nitrogen and oxygen atoms in total. The highest BCUT2D eigenvalue weighted by atomic mass is 16.3. The van der Waals surface area contributed by atoms with Gasteiger partial charge < -0.3 is 20.4 Å². The first-order chi connectivity index (χ1) is 7.91. The zero-order chi connectivity index (χ0) is 12.9. The predicted molar refractivity (Wildman–Crippen MR) is 70.1 cm³/mol. The topological polar surface area (TPSA) is 55.7 Å². The van der Waals surface area contributed by atoms with Gasteiger partial charge in [-0.25, -0.2) is 0 Å². The van der Waals surface area contributed by atoms with Crippen molar-refractivity contribution < 1.29 is 10.2 Å². The maximum atomic E-state index is 10.2. The number of aliphatic hydroxyl groups excluding tert-OH is 1. The van der Waals surface area contributed by atoms with Crippen LogP contribution < -0.4 is 5.32 Å². The number of likely N-dealkylation sites (N-methyl/N-ethyl adjacent to an activating group) is 1. The zero-order valence-corrected chi connectivity index (χ0v) is 11.4. The average Bonchev–Trinajstić information content (AvgIpc) is 2.38. The van der Waals surface area contributed by atoms with Crippen LogP contribution in [-0.4, -0.2) is 60.0 Å². The molecular formula is C13H28N2O2. The van der Waals surface area contributed by atoms with Gasteiger partial charge >= 0.3 is 0 Å². The molecule has 17 heavy (non-hydrogen) atoms. The molecule has 1 rings (SSSR count). The van der Waals surface area contributed by atoms with Crippen molar-refractivity contribution in [1.29, 1.82) is 0 Å². The molecule has 1 saturated carbocycles. The summed E-state index contributed by atoms with van der Waals surface area (Å²) in [5, 5.41) is 23.5. The van der Waals surface area contributed by atoms with E-state index in [0.717, 1.165) is 19.3 Å². The van der Waals surface area contributed by atoms with Crippen molar-refractivity contribution in [3.63, 3.8) is 0 Å². The molecule has 0 radical (unpaired) electrons. The smallest absolute Gasteiger partial charge is 0.0869 e. The molecule has 0 spiro atoms. The number of nitrogens with one attached hydrogen (secondary N) is 1. The molecule has 0 aromatic carbocycles. The highest BCUT2D eigenvalue weighted by molar-refractivity contribution is 4.84. The number of aliphatic hydroxyl groups is 2. The van der Waals surface area contributed by atoms with Crippen LogP contribution in [0.15, 0.2) is 0 Å². The van der Waals surface area contributed by atoms with Gasteiger partial charge in [0.15, 0.2) is 0 Å². The maximum Gasteiger partial charge on any atom is 0.0869 e. The number of hydrogen-bond acceptors (Lipinski definition) is 4. The van der Waals surface area contributed by atoms with Gasteiger partial charge in [0.1, 0.15) is 0 Å². The summed E-state index contributed by atoms with van der Waals surface area (Å²) >= 11 is 0. The molecule has 0 bridgehead atoms. The molecule has 0 aromatic rings. The van der Waals surface area contributed by atoms with Gasteiger partial charge in [-0.3, -0.25) is 0 Å². The Hall–Kier alpha value is -0.160. The van der Waals surface area contributed by atoms with E-state index in [9.17, 15) is 10.2 Å². The van der Waals surface area contributed by atoms with Gasteiger partial charge in [-0.15, -0.1) is 0 Å². The third-order valence-electron chi connectivity index (χ3n) is 3.38. The normalized spacial score (nSPS) is 30.0. The van der Waals surface area contributed by atoms with Gasteiger partial charge in [0.05, 0.1) is 11.7 Å². The van der Waals surface area contributed by atoms with Gasteiger partial charge in [0, 0.05) is 19.1 Å². The Kier molecular flexibility index (Phi) is 5.86. The van der Waals surface area contributed by atoms with Crippen LogP contribution in [0.4, 0.5) is 0 Å². The second kappa shape index (κ2) is 6.69. The molecule has 0 aromatic heterocycles. The first-order valence-corrected chi connectivity index (χ1v) is 6.69. The second-order valence-electron chi connectivity index (χ2n) is 5.93. The zero-order valence-electron chi connectivity index (χ0n) is 11.4. The Morgan fingerprint density at radius 2 is 1.88 bits per heavy atom. The van der Waals surface area contributed by atoms with Crippen LogP contribution in [0.2, 0.25) is 0 Å². The van der Waals surface area contributed by atoms with Crippen molar-refractivity contribution in [2.75, 3.05) is 27.2 Å². The monoisotopic (exact) mass is 244 g/mol. The van der Waals surface area contributed by atoms with Crippen LogP contribution in [0.3, 0.4) is 0 Å². The number of hydrogen-bond donors (Lipinski definition) is 3. The standard InChI is InChI=1S/C13H28N2O2/c1-13(17,10-15(2)3)9-14-11-7-5-4-6-8-12(11)16/h11-12,14,16-17H,4-10H2,1-3H3. The highest BCUT2D eigenvalue weighted by Gasteiger charge is 2.26. The predicted octanol–water partition coefficient (Wildman–Crippen LogP) is 0.582. The summed E-state index contributed by atoms with van der Waals surface area (Å²) in [5.41, 5.74) is -0.741. The molecule has 3 atom stereocenters. The van der Waals surface area contributed by atoms with E-state index < -0.39 is 5.60 Å². The lowest BCUT2D eigenvalue weighted by Crippen LogP contribution is -2.50. The molecule has 0 saturated heterocycles. The van der Waals surface area contributed by atoms with Crippen molar-refractivity contribution in [1.82, 2.24) is 10.2 Å². The van der Waals surface area contributed by atoms with Crippen LogP contribution >= 0.6 is 0 Å². The van der Waals surface area contributed by atoms with Crippen molar-refractivity contribution in [3.05, 3.63) is 0 Å². The largest absolute Gasteiger partial charge is 0.392 e. The molecule has 1 fully saturated rings. The molecular weight excluding hydrogens is 216 g/mol. The van der Waals surface area contributed by atoms with E-state index in [2.05, 4.69) is 5.32 Å². The Morgan fingerprint density at radius 3 is 2.53 bits per heavy atom. The van der Waals surface area contributed by atoms with E-state index in [4.69, 9.17) is 0 Å². The number of nitrogens with zero attached hydrogens (tertiary/aromatic N) is 1. The molecule has 102 valence electrons. The molecule has 1 aliphatic carbocycles. The van der Waals surface area contributed by atoms with Gasteiger partial charge in [-0.1, -0.05) is 19.3 Å². The summed E-state index contributed by atoms with van der Waals surface area (Å²) < 4.78 is 0. The third-order valence-corrected chi connectivity index (χ3v) is 3.38. The van der Waals surface area contributed by atoms with E-state index >= 15 is 0 Å². The fourth-order valence-electron chi connectivity index (χ4n) is 2.61. The lowest BCUT2D eigenvalue weighted by molar-refractivity contribution is 0.0234. The van der Waals surface area contributed by atoms with E-state index in [-0.39, 0.29) is 12.1 Å². The second-order valence-corrected chi connectivity index (χ2v) is 5.93. The van der Waals surface area contributed by atoms with Crippen LogP contribution in [0.5, 0.6) is 0 Å². The Morgan fingerprint density at radius 1 is 1.24 bits per heavy atom. The molecule has 3 N–H and O–H groups in total. The summed E-state index contributed by atoms with van der Waals surface area (Å²) in [6, 6.07) is 0.145. The molecule has 0 amide bonds. The fraction of sp³-hybridized carbons (Fsp3) is 1.00. The van der Waals surface area contributed by atoms with Crippen molar-refractivity contribution in [3.8, 4) is 0 Å². The van der Waals surface area contributed by atoms with Gasteiger partial charge in [0.2, 0.25) is 0 Å². The summed E-state index contributed by atoms with van der Waals surface area (Å²) in [6.45, 7) is 3.00. The Labute approximate surface area is 105 Å². The molecule has 0 heterocycles. The molecule has 1 aliphatic rings.